The molecular weight excluding hydrogens is 264 g/mol. The van der Waals surface area contributed by atoms with Crippen molar-refractivity contribution in [2.45, 2.75) is 38.0 Å². The van der Waals surface area contributed by atoms with E-state index in [0.717, 1.165) is 22.9 Å². The SMILES string of the molecule is OCCNc1ccc(-c2n[nH]c(C3CCCCC3)n2)cc1. The Morgan fingerprint density at radius 2 is 1.90 bits per heavy atom. The van der Waals surface area contributed by atoms with Gasteiger partial charge in [-0.05, 0) is 37.1 Å². The van der Waals surface area contributed by atoms with E-state index >= 15 is 0 Å². The molecule has 0 bridgehead atoms. The first kappa shape index (κ1) is 14.1. The summed E-state index contributed by atoms with van der Waals surface area (Å²) in [7, 11) is 0. The number of aliphatic hydroxyl groups is 1. The maximum absolute atomic E-state index is 8.80. The predicted molar refractivity (Wildman–Crippen MR) is 83.2 cm³/mol. The van der Waals surface area contributed by atoms with Gasteiger partial charge in [-0.2, -0.15) is 5.10 Å². The van der Waals surface area contributed by atoms with Crippen LogP contribution in [0.2, 0.25) is 0 Å². The Labute approximate surface area is 124 Å². The van der Waals surface area contributed by atoms with Gasteiger partial charge in [0.15, 0.2) is 5.82 Å². The minimum atomic E-state index is 0.132. The predicted octanol–water partition coefficient (Wildman–Crippen LogP) is 2.92. The fourth-order valence-corrected chi connectivity index (χ4v) is 2.90. The van der Waals surface area contributed by atoms with E-state index in [1.807, 2.05) is 24.3 Å². The van der Waals surface area contributed by atoms with Crippen molar-refractivity contribution in [3.63, 3.8) is 0 Å². The number of nitrogens with zero attached hydrogens (tertiary/aromatic N) is 2. The summed E-state index contributed by atoms with van der Waals surface area (Å²) in [5.74, 6) is 2.35. The molecule has 0 aliphatic heterocycles. The minimum absolute atomic E-state index is 0.132. The van der Waals surface area contributed by atoms with Crippen LogP contribution >= 0.6 is 0 Å². The fraction of sp³-hybridized carbons (Fsp3) is 0.500. The van der Waals surface area contributed by atoms with E-state index in [4.69, 9.17) is 5.11 Å². The second kappa shape index (κ2) is 6.72. The minimum Gasteiger partial charge on any atom is -0.395 e. The van der Waals surface area contributed by atoms with Gasteiger partial charge >= 0.3 is 0 Å². The third-order valence-corrected chi connectivity index (χ3v) is 4.08. The molecule has 5 nitrogen and oxygen atoms in total. The highest BCUT2D eigenvalue weighted by Crippen LogP contribution is 2.31. The largest absolute Gasteiger partial charge is 0.395 e. The lowest BCUT2D eigenvalue weighted by atomic mass is 9.89. The van der Waals surface area contributed by atoms with E-state index in [1.54, 1.807) is 0 Å². The number of hydrogen-bond acceptors (Lipinski definition) is 4. The second-order valence-electron chi connectivity index (χ2n) is 5.61. The van der Waals surface area contributed by atoms with Gasteiger partial charge in [0.2, 0.25) is 0 Å². The van der Waals surface area contributed by atoms with Crippen molar-refractivity contribution in [2.24, 2.45) is 0 Å². The smallest absolute Gasteiger partial charge is 0.181 e. The number of aliphatic hydroxyl groups excluding tert-OH is 1. The molecule has 1 heterocycles. The van der Waals surface area contributed by atoms with Gasteiger partial charge in [-0.25, -0.2) is 4.98 Å². The number of H-pyrrole nitrogens is 1. The molecule has 0 radical (unpaired) electrons. The van der Waals surface area contributed by atoms with E-state index < -0.39 is 0 Å². The van der Waals surface area contributed by atoms with Crippen LogP contribution in [0.25, 0.3) is 11.4 Å². The summed E-state index contributed by atoms with van der Waals surface area (Å²) in [6.07, 6.45) is 6.38. The topological polar surface area (TPSA) is 73.8 Å². The van der Waals surface area contributed by atoms with E-state index in [1.165, 1.54) is 32.1 Å². The average molecular weight is 286 g/mol. The van der Waals surface area contributed by atoms with Gasteiger partial charge in [0.1, 0.15) is 5.82 Å². The molecule has 0 amide bonds. The molecule has 5 heteroatoms. The van der Waals surface area contributed by atoms with Crippen molar-refractivity contribution in [1.82, 2.24) is 15.2 Å². The first-order valence-electron chi connectivity index (χ1n) is 7.74. The highest BCUT2D eigenvalue weighted by atomic mass is 16.3. The summed E-state index contributed by atoms with van der Waals surface area (Å²) in [4.78, 5) is 4.67. The van der Waals surface area contributed by atoms with Crippen molar-refractivity contribution in [2.75, 3.05) is 18.5 Å². The molecule has 1 fully saturated rings. The van der Waals surface area contributed by atoms with Gasteiger partial charge in [-0.3, -0.25) is 5.10 Å². The van der Waals surface area contributed by atoms with Gasteiger partial charge in [-0.1, -0.05) is 19.3 Å². The molecule has 0 spiro atoms. The number of benzene rings is 1. The number of aromatic nitrogens is 3. The van der Waals surface area contributed by atoms with Crippen LogP contribution in [-0.2, 0) is 0 Å². The van der Waals surface area contributed by atoms with Crippen molar-refractivity contribution in [1.29, 1.82) is 0 Å². The van der Waals surface area contributed by atoms with E-state index in [-0.39, 0.29) is 6.61 Å². The normalized spacial score (nSPS) is 16.0. The molecule has 3 N–H and O–H groups in total. The van der Waals surface area contributed by atoms with Crippen LogP contribution in [0.15, 0.2) is 24.3 Å². The number of aromatic amines is 1. The lowest BCUT2D eigenvalue weighted by molar-refractivity contribution is 0.311. The average Bonchev–Trinajstić information content (AvgIpc) is 3.04. The summed E-state index contributed by atoms with van der Waals surface area (Å²) < 4.78 is 0. The third-order valence-electron chi connectivity index (χ3n) is 4.08. The Balaban J connectivity index is 1.70. The molecule has 112 valence electrons. The van der Waals surface area contributed by atoms with Crippen molar-refractivity contribution in [3.05, 3.63) is 30.1 Å². The Morgan fingerprint density at radius 3 is 2.62 bits per heavy atom. The lowest BCUT2D eigenvalue weighted by Crippen LogP contribution is -2.06. The maximum atomic E-state index is 8.80. The van der Waals surface area contributed by atoms with Gasteiger partial charge in [0.25, 0.3) is 0 Å². The Bertz CT molecular complexity index is 558. The molecule has 0 unspecified atom stereocenters. The Hall–Kier alpha value is -1.88. The van der Waals surface area contributed by atoms with Crippen LogP contribution < -0.4 is 5.32 Å². The van der Waals surface area contributed by atoms with Gasteiger partial charge in [-0.15, -0.1) is 0 Å². The first-order valence-corrected chi connectivity index (χ1v) is 7.74. The first-order chi connectivity index (χ1) is 10.4. The maximum Gasteiger partial charge on any atom is 0.181 e. The zero-order valence-electron chi connectivity index (χ0n) is 12.2. The van der Waals surface area contributed by atoms with Crippen LogP contribution in [0.5, 0.6) is 0 Å². The molecule has 1 saturated carbocycles. The molecular formula is C16H22N4O. The van der Waals surface area contributed by atoms with E-state index in [2.05, 4.69) is 20.5 Å². The lowest BCUT2D eigenvalue weighted by Gasteiger charge is -2.18. The molecule has 0 saturated heterocycles. The van der Waals surface area contributed by atoms with Crippen LogP contribution in [-0.4, -0.2) is 33.4 Å². The Kier molecular flexibility index (Phi) is 4.50. The Morgan fingerprint density at radius 1 is 1.14 bits per heavy atom. The van der Waals surface area contributed by atoms with Crippen LogP contribution in [0.4, 0.5) is 5.69 Å². The molecule has 1 aromatic carbocycles. The number of nitrogens with one attached hydrogen (secondary N) is 2. The molecule has 1 aliphatic rings. The summed E-state index contributed by atoms with van der Waals surface area (Å²) in [6, 6.07) is 7.99. The van der Waals surface area contributed by atoms with Crippen LogP contribution in [0.3, 0.4) is 0 Å². The third kappa shape index (κ3) is 3.42. The summed E-state index contributed by atoms with van der Waals surface area (Å²) in [6.45, 7) is 0.694. The highest BCUT2D eigenvalue weighted by Gasteiger charge is 2.19. The summed E-state index contributed by atoms with van der Waals surface area (Å²) in [5, 5.41) is 19.4. The quantitative estimate of drug-likeness (QED) is 0.790. The molecule has 1 aliphatic carbocycles. The molecule has 3 rings (SSSR count). The number of rotatable bonds is 5. The van der Waals surface area contributed by atoms with Crippen molar-refractivity contribution >= 4 is 5.69 Å². The van der Waals surface area contributed by atoms with Crippen molar-refractivity contribution in [3.8, 4) is 11.4 Å². The molecule has 1 aromatic heterocycles. The van der Waals surface area contributed by atoms with Crippen molar-refractivity contribution < 1.29 is 5.11 Å². The standard InChI is InChI=1S/C16H22N4O/c21-11-10-17-14-8-6-13(7-9-14)16-18-15(19-20-16)12-4-2-1-3-5-12/h6-9,12,17,21H,1-5,10-11H2,(H,18,19,20). The molecule has 21 heavy (non-hydrogen) atoms. The molecule has 2 aromatic rings. The monoisotopic (exact) mass is 286 g/mol. The zero-order valence-corrected chi connectivity index (χ0v) is 12.2. The van der Waals surface area contributed by atoms with E-state index in [0.29, 0.717) is 12.5 Å². The number of anilines is 1. The van der Waals surface area contributed by atoms with Crippen LogP contribution in [0.1, 0.15) is 43.8 Å². The zero-order chi connectivity index (χ0) is 14.5. The van der Waals surface area contributed by atoms with Gasteiger partial charge < -0.3 is 10.4 Å². The van der Waals surface area contributed by atoms with Crippen LogP contribution in [0, 0.1) is 0 Å². The molecule has 0 atom stereocenters. The summed E-state index contributed by atoms with van der Waals surface area (Å²) >= 11 is 0. The fourth-order valence-electron chi connectivity index (χ4n) is 2.90. The van der Waals surface area contributed by atoms with Gasteiger partial charge in [0, 0.05) is 23.7 Å². The van der Waals surface area contributed by atoms with E-state index in [9.17, 15) is 0 Å². The number of hydrogen-bond donors (Lipinski definition) is 3. The van der Waals surface area contributed by atoms with Gasteiger partial charge in [0.05, 0.1) is 6.61 Å². The summed E-state index contributed by atoms with van der Waals surface area (Å²) in [5.41, 5.74) is 2.01. The highest BCUT2D eigenvalue weighted by molar-refractivity contribution is 5.59. The second-order valence-corrected chi connectivity index (χ2v) is 5.61.